The predicted molar refractivity (Wildman–Crippen MR) is 83.7 cm³/mol. The minimum atomic E-state index is -0.480. The first-order valence-corrected chi connectivity index (χ1v) is 8.09. The number of nitrogens with zero attached hydrogens (tertiary/aromatic N) is 2. The molecular formula is C16H30N2O4. The van der Waals surface area contributed by atoms with Crippen molar-refractivity contribution in [3.63, 3.8) is 0 Å². The molecule has 6 nitrogen and oxygen atoms in total. The lowest BCUT2D eigenvalue weighted by atomic mass is 10.1. The molecule has 0 aromatic carbocycles. The van der Waals surface area contributed by atoms with Crippen molar-refractivity contribution in [2.24, 2.45) is 0 Å². The Labute approximate surface area is 133 Å². The van der Waals surface area contributed by atoms with E-state index < -0.39 is 11.4 Å². The van der Waals surface area contributed by atoms with Crippen LogP contribution in [-0.4, -0.2) is 72.2 Å². The molecule has 2 atom stereocenters. The van der Waals surface area contributed by atoms with Gasteiger partial charge in [0.2, 0.25) is 0 Å². The highest BCUT2D eigenvalue weighted by Crippen LogP contribution is 2.24. The van der Waals surface area contributed by atoms with E-state index in [1.165, 1.54) is 0 Å². The third-order valence-corrected chi connectivity index (χ3v) is 3.92. The van der Waals surface area contributed by atoms with Crippen LogP contribution >= 0.6 is 0 Å². The van der Waals surface area contributed by atoms with Gasteiger partial charge < -0.3 is 19.1 Å². The fraction of sp³-hybridized carbons (Fsp3) is 0.938. The predicted octanol–water partition coefficient (Wildman–Crippen LogP) is 2.08. The molecule has 2 fully saturated rings. The summed E-state index contributed by atoms with van der Waals surface area (Å²) in [5.41, 5.74) is -0.446. The Bertz CT molecular complexity index is 405. The van der Waals surface area contributed by atoms with Gasteiger partial charge in [0.15, 0.2) is 5.79 Å². The Kier molecular flexibility index (Phi) is 5.04. The van der Waals surface area contributed by atoms with Gasteiger partial charge in [-0.05, 0) is 41.5 Å². The van der Waals surface area contributed by atoms with E-state index in [2.05, 4.69) is 11.8 Å². The molecule has 0 N–H and O–H groups in total. The molecule has 128 valence electrons. The van der Waals surface area contributed by atoms with Gasteiger partial charge in [0.1, 0.15) is 5.60 Å². The zero-order chi connectivity index (χ0) is 16.5. The van der Waals surface area contributed by atoms with Crippen LogP contribution in [-0.2, 0) is 14.2 Å². The van der Waals surface area contributed by atoms with Gasteiger partial charge >= 0.3 is 6.09 Å². The van der Waals surface area contributed by atoms with Crippen molar-refractivity contribution >= 4 is 6.09 Å². The monoisotopic (exact) mass is 314 g/mol. The van der Waals surface area contributed by atoms with Gasteiger partial charge in [-0.1, -0.05) is 0 Å². The molecule has 2 aliphatic heterocycles. The third kappa shape index (κ3) is 4.83. The highest BCUT2D eigenvalue weighted by Gasteiger charge is 2.36. The molecule has 0 radical (unpaired) electrons. The summed E-state index contributed by atoms with van der Waals surface area (Å²) in [5, 5.41) is 0. The van der Waals surface area contributed by atoms with E-state index in [0.29, 0.717) is 19.7 Å². The molecule has 22 heavy (non-hydrogen) atoms. The molecular weight excluding hydrogens is 284 g/mol. The van der Waals surface area contributed by atoms with E-state index in [0.717, 1.165) is 13.1 Å². The Morgan fingerprint density at radius 2 is 2.00 bits per heavy atom. The summed E-state index contributed by atoms with van der Waals surface area (Å²) < 4.78 is 16.9. The maximum atomic E-state index is 12.1. The normalized spacial score (nSPS) is 29.6. The van der Waals surface area contributed by atoms with Crippen molar-refractivity contribution in [2.75, 3.05) is 32.8 Å². The van der Waals surface area contributed by atoms with E-state index >= 15 is 0 Å². The molecule has 2 rings (SSSR count). The number of carbonyl (C=O) groups is 1. The highest BCUT2D eigenvalue weighted by atomic mass is 16.7. The van der Waals surface area contributed by atoms with Crippen LogP contribution < -0.4 is 0 Å². The fourth-order valence-corrected chi connectivity index (χ4v) is 2.87. The summed E-state index contributed by atoms with van der Waals surface area (Å²) >= 11 is 0. The van der Waals surface area contributed by atoms with Crippen LogP contribution in [0.4, 0.5) is 4.79 Å². The molecule has 0 unspecified atom stereocenters. The zero-order valence-corrected chi connectivity index (χ0v) is 14.7. The second-order valence-electron chi connectivity index (χ2n) is 7.72. The number of piperazine rings is 1. The number of hydrogen-bond donors (Lipinski definition) is 0. The molecule has 0 saturated carbocycles. The number of amides is 1. The van der Waals surface area contributed by atoms with E-state index in [1.54, 1.807) is 4.90 Å². The SMILES string of the molecule is C[C@@H]1CN(C(=O)OC(C)(C)C)CCN1C[C@H]1COC(C)(C)O1. The molecule has 2 saturated heterocycles. The lowest BCUT2D eigenvalue weighted by Gasteiger charge is -2.40. The second-order valence-corrected chi connectivity index (χ2v) is 7.72. The van der Waals surface area contributed by atoms with Crippen molar-refractivity contribution in [3.8, 4) is 0 Å². The Hall–Kier alpha value is -0.850. The van der Waals surface area contributed by atoms with Gasteiger partial charge in [0, 0.05) is 32.2 Å². The fourth-order valence-electron chi connectivity index (χ4n) is 2.87. The van der Waals surface area contributed by atoms with Crippen molar-refractivity contribution in [1.82, 2.24) is 9.80 Å². The van der Waals surface area contributed by atoms with E-state index in [1.807, 2.05) is 34.6 Å². The lowest BCUT2D eigenvalue weighted by molar-refractivity contribution is -0.141. The largest absolute Gasteiger partial charge is 0.444 e. The minimum Gasteiger partial charge on any atom is -0.444 e. The van der Waals surface area contributed by atoms with Crippen molar-refractivity contribution in [3.05, 3.63) is 0 Å². The molecule has 6 heteroatoms. The smallest absolute Gasteiger partial charge is 0.410 e. The van der Waals surface area contributed by atoms with Crippen LogP contribution in [0.3, 0.4) is 0 Å². The molecule has 0 aromatic rings. The van der Waals surface area contributed by atoms with Crippen molar-refractivity contribution in [2.45, 2.75) is 65.1 Å². The number of rotatable bonds is 2. The van der Waals surface area contributed by atoms with Crippen LogP contribution in [0.5, 0.6) is 0 Å². The summed E-state index contributed by atoms with van der Waals surface area (Å²) in [7, 11) is 0. The minimum absolute atomic E-state index is 0.102. The maximum absolute atomic E-state index is 12.1. The molecule has 0 bridgehead atoms. The first-order valence-electron chi connectivity index (χ1n) is 8.09. The summed E-state index contributed by atoms with van der Waals surface area (Å²) in [5.74, 6) is -0.480. The number of carbonyl (C=O) groups excluding carboxylic acids is 1. The van der Waals surface area contributed by atoms with E-state index in [9.17, 15) is 4.79 Å². The van der Waals surface area contributed by atoms with Gasteiger partial charge in [-0.3, -0.25) is 4.90 Å². The van der Waals surface area contributed by atoms with E-state index in [4.69, 9.17) is 14.2 Å². The van der Waals surface area contributed by atoms with Gasteiger partial charge in [-0.2, -0.15) is 0 Å². The quantitative estimate of drug-likeness (QED) is 0.781. The Morgan fingerprint density at radius 1 is 1.32 bits per heavy atom. The van der Waals surface area contributed by atoms with Crippen LogP contribution in [0.25, 0.3) is 0 Å². The highest BCUT2D eigenvalue weighted by molar-refractivity contribution is 5.68. The first-order chi connectivity index (χ1) is 10.1. The summed E-state index contributed by atoms with van der Waals surface area (Å²) in [6.45, 7) is 15.4. The van der Waals surface area contributed by atoms with Crippen molar-refractivity contribution in [1.29, 1.82) is 0 Å². The lowest BCUT2D eigenvalue weighted by Crippen LogP contribution is -2.56. The topological polar surface area (TPSA) is 51.2 Å². The molecule has 0 aliphatic carbocycles. The maximum Gasteiger partial charge on any atom is 0.410 e. The van der Waals surface area contributed by atoms with Crippen LogP contribution in [0, 0.1) is 0 Å². The van der Waals surface area contributed by atoms with Gasteiger partial charge in [-0.25, -0.2) is 4.79 Å². The van der Waals surface area contributed by atoms with Crippen LogP contribution in [0.2, 0.25) is 0 Å². The number of ether oxygens (including phenoxy) is 3. The Balaban J connectivity index is 1.82. The average molecular weight is 314 g/mol. The summed E-state index contributed by atoms with van der Waals surface area (Å²) in [4.78, 5) is 16.3. The molecule has 0 spiro atoms. The average Bonchev–Trinajstić information content (AvgIpc) is 2.69. The number of hydrogen-bond acceptors (Lipinski definition) is 5. The zero-order valence-electron chi connectivity index (χ0n) is 14.7. The second kappa shape index (κ2) is 6.34. The molecule has 2 aliphatic rings. The summed E-state index contributed by atoms with van der Waals surface area (Å²) in [6, 6.07) is 0.286. The Morgan fingerprint density at radius 3 is 2.50 bits per heavy atom. The summed E-state index contributed by atoms with van der Waals surface area (Å²) in [6.07, 6.45) is -0.119. The van der Waals surface area contributed by atoms with E-state index in [-0.39, 0.29) is 18.2 Å². The standard InChI is InChI=1S/C16H30N2O4/c1-12-9-18(14(19)22-15(2,3)4)8-7-17(12)10-13-11-20-16(5,6)21-13/h12-13H,7-11H2,1-6H3/t12-,13+/m1/s1. The van der Waals surface area contributed by atoms with Gasteiger partial charge in [0.05, 0.1) is 12.7 Å². The molecule has 1 amide bonds. The van der Waals surface area contributed by atoms with Gasteiger partial charge in [0.25, 0.3) is 0 Å². The first kappa shape index (κ1) is 17.5. The van der Waals surface area contributed by atoms with Crippen LogP contribution in [0.15, 0.2) is 0 Å². The third-order valence-electron chi connectivity index (χ3n) is 3.92. The van der Waals surface area contributed by atoms with Crippen LogP contribution in [0.1, 0.15) is 41.5 Å². The van der Waals surface area contributed by atoms with Gasteiger partial charge in [-0.15, -0.1) is 0 Å². The molecule has 0 aromatic heterocycles. The van der Waals surface area contributed by atoms with Crippen molar-refractivity contribution < 1.29 is 19.0 Å². The molecule has 2 heterocycles.